The highest BCUT2D eigenvalue weighted by Crippen LogP contribution is 2.32. The van der Waals surface area contributed by atoms with E-state index in [0.29, 0.717) is 5.92 Å². The summed E-state index contributed by atoms with van der Waals surface area (Å²) in [5.74, 6) is 1.69. The molecule has 3 aromatic rings. The topological polar surface area (TPSA) is 51.0 Å². The van der Waals surface area contributed by atoms with E-state index in [1.54, 1.807) is 11.5 Å². The summed E-state index contributed by atoms with van der Waals surface area (Å²) >= 11 is 0. The molecule has 0 N–H and O–H groups in total. The van der Waals surface area contributed by atoms with Gasteiger partial charge in [0.2, 0.25) is 5.91 Å². The molecule has 2 aromatic heterocycles. The van der Waals surface area contributed by atoms with E-state index in [-0.39, 0.29) is 5.91 Å². The summed E-state index contributed by atoms with van der Waals surface area (Å²) in [6.45, 7) is 4.33. The van der Waals surface area contributed by atoms with E-state index in [1.807, 2.05) is 24.4 Å². The number of carbonyl (C=O) groups is 1. The Morgan fingerprint density at radius 3 is 2.83 bits per heavy atom. The minimum atomic E-state index is 0.0556. The highest BCUT2D eigenvalue weighted by Gasteiger charge is 2.23. The molecule has 0 saturated heterocycles. The Morgan fingerprint density at radius 1 is 1.17 bits per heavy atom. The molecule has 2 aliphatic rings. The van der Waals surface area contributed by atoms with Crippen LogP contribution in [0.3, 0.4) is 0 Å². The van der Waals surface area contributed by atoms with Gasteiger partial charge >= 0.3 is 0 Å². The maximum atomic E-state index is 12.0. The lowest BCUT2D eigenvalue weighted by Crippen LogP contribution is -2.31. The average Bonchev–Trinajstić information content (AvgIpc) is 3.13. The van der Waals surface area contributed by atoms with E-state index >= 15 is 0 Å². The molecule has 5 heteroatoms. The molecular formula is C24H28N4O. The molecule has 0 amide bonds. The summed E-state index contributed by atoms with van der Waals surface area (Å²) in [4.78, 5) is 24.2. The van der Waals surface area contributed by atoms with Crippen molar-refractivity contribution in [3.05, 3.63) is 59.3 Å². The van der Waals surface area contributed by atoms with Gasteiger partial charge in [-0.25, -0.2) is 9.97 Å². The number of nitrogens with zero attached hydrogens (tertiary/aromatic N) is 4. The van der Waals surface area contributed by atoms with E-state index in [1.165, 1.54) is 48.9 Å². The van der Waals surface area contributed by atoms with Gasteiger partial charge in [0.05, 0.1) is 5.52 Å². The molecule has 0 spiro atoms. The van der Waals surface area contributed by atoms with Gasteiger partial charge in [-0.2, -0.15) is 0 Å². The van der Waals surface area contributed by atoms with Gasteiger partial charge in [0, 0.05) is 67.9 Å². The van der Waals surface area contributed by atoms with Crippen LogP contribution in [-0.2, 0) is 19.5 Å². The maximum absolute atomic E-state index is 12.0. The molecule has 1 aliphatic carbocycles. The summed E-state index contributed by atoms with van der Waals surface area (Å²) in [6, 6.07) is 8.17. The predicted octanol–water partition coefficient (Wildman–Crippen LogP) is 4.70. The summed E-state index contributed by atoms with van der Waals surface area (Å²) in [6.07, 6.45) is 11.5. The van der Waals surface area contributed by atoms with Crippen LogP contribution in [0.25, 0.3) is 10.9 Å². The molecule has 150 valence electrons. The Bertz CT molecular complexity index is 1050. The SMILES string of the molecule is CC(=O)n1cc(CN2CCc3nc(C4CCCCC4)ncc3C2)c2ccccc21. The first-order chi connectivity index (χ1) is 14.2. The van der Waals surface area contributed by atoms with Crippen molar-refractivity contribution in [2.24, 2.45) is 0 Å². The molecule has 3 heterocycles. The van der Waals surface area contributed by atoms with Crippen LogP contribution in [-0.4, -0.2) is 31.9 Å². The van der Waals surface area contributed by atoms with Crippen LogP contribution >= 0.6 is 0 Å². The minimum Gasteiger partial charge on any atom is -0.294 e. The van der Waals surface area contributed by atoms with Gasteiger partial charge in [0.15, 0.2) is 0 Å². The number of hydrogen-bond donors (Lipinski definition) is 0. The first-order valence-electron chi connectivity index (χ1n) is 10.9. The van der Waals surface area contributed by atoms with Crippen molar-refractivity contribution < 1.29 is 4.79 Å². The van der Waals surface area contributed by atoms with Gasteiger partial charge in [-0.05, 0) is 24.5 Å². The molecule has 1 fully saturated rings. The zero-order valence-electron chi connectivity index (χ0n) is 17.1. The van der Waals surface area contributed by atoms with Crippen LogP contribution in [0.4, 0.5) is 0 Å². The quantitative estimate of drug-likeness (QED) is 0.653. The van der Waals surface area contributed by atoms with Crippen LogP contribution in [0.5, 0.6) is 0 Å². The third-order valence-electron chi connectivity index (χ3n) is 6.53. The van der Waals surface area contributed by atoms with E-state index < -0.39 is 0 Å². The first-order valence-corrected chi connectivity index (χ1v) is 10.9. The molecule has 0 radical (unpaired) electrons. The number of hydrogen-bond acceptors (Lipinski definition) is 4. The van der Waals surface area contributed by atoms with Crippen LogP contribution in [0, 0.1) is 0 Å². The lowest BCUT2D eigenvalue weighted by atomic mass is 9.88. The van der Waals surface area contributed by atoms with Crippen molar-refractivity contribution in [2.75, 3.05) is 6.54 Å². The Kier molecular flexibility index (Phi) is 4.92. The number of benzene rings is 1. The third kappa shape index (κ3) is 3.60. The average molecular weight is 389 g/mol. The second-order valence-corrected chi connectivity index (χ2v) is 8.56. The van der Waals surface area contributed by atoms with Crippen LogP contribution < -0.4 is 0 Å². The zero-order valence-corrected chi connectivity index (χ0v) is 17.1. The van der Waals surface area contributed by atoms with Gasteiger partial charge in [0.1, 0.15) is 5.82 Å². The molecule has 0 unspecified atom stereocenters. The van der Waals surface area contributed by atoms with Gasteiger partial charge in [-0.1, -0.05) is 37.5 Å². The molecule has 1 aliphatic heterocycles. The predicted molar refractivity (Wildman–Crippen MR) is 114 cm³/mol. The second kappa shape index (κ2) is 7.71. The number of carbonyl (C=O) groups excluding carboxylic acids is 1. The Morgan fingerprint density at radius 2 is 2.00 bits per heavy atom. The number of rotatable bonds is 3. The lowest BCUT2D eigenvalue weighted by Gasteiger charge is -2.29. The van der Waals surface area contributed by atoms with Gasteiger partial charge in [-0.15, -0.1) is 0 Å². The van der Waals surface area contributed by atoms with Crippen molar-refractivity contribution in [3.63, 3.8) is 0 Å². The number of para-hydroxylation sites is 1. The molecule has 1 saturated carbocycles. The third-order valence-corrected chi connectivity index (χ3v) is 6.53. The second-order valence-electron chi connectivity index (χ2n) is 8.56. The summed E-state index contributed by atoms with van der Waals surface area (Å²) in [5.41, 5.74) is 4.70. The molecule has 5 nitrogen and oxygen atoms in total. The van der Waals surface area contributed by atoms with E-state index in [2.05, 4.69) is 17.2 Å². The van der Waals surface area contributed by atoms with Crippen LogP contribution in [0.15, 0.2) is 36.7 Å². The van der Waals surface area contributed by atoms with Gasteiger partial charge < -0.3 is 0 Å². The lowest BCUT2D eigenvalue weighted by molar-refractivity contribution is 0.0941. The fourth-order valence-electron chi connectivity index (χ4n) is 4.96. The fourth-order valence-corrected chi connectivity index (χ4v) is 4.96. The van der Waals surface area contributed by atoms with E-state index in [4.69, 9.17) is 9.97 Å². The van der Waals surface area contributed by atoms with Crippen LogP contribution in [0.2, 0.25) is 0 Å². The Hall–Kier alpha value is -2.53. The monoisotopic (exact) mass is 388 g/mol. The molecule has 1 aromatic carbocycles. The van der Waals surface area contributed by atoms with Crippen molar-refractivity contribution in [2.45, 2.75) is 64.5 Å². The van der Waals surface area contributed by atoms with Crippen molar-refractivity contribution in [1.82, 2.24) is 19.4 Å². The van der Waals surface area contributed by atoms with E-state index in [9.17, 15) is 4.79 Å². The Labute approximate surface area is 171 Å². The van der Waals surface area contributed by atoms with Crippen LogP contribution in [0.1, 0.15) is 72.4 Å². The largest absolute Gasteiger partial charge is 0.294 e. The summed E-state index contributed by atoms with van der Waals surface area (Å²) in [7, 11) is 0. The minimum absolute atomic E-state index is 0.0556. The fraction of sp³-hybridized carbons (Fsp3) is 0.458. The molecule has 5 rings (SSSR count). The normalized spacial score (nSPS) is 18.1. The van der Waals surface area contributed by atoms with Crippen molar-refractivity contribution in [1.29, 1.82) is 0 Å². The molecule has 0 atom stereocenters. The standard InChI is InChI=1S/C24H28N4O/c1-17(29)28-16-20(21-9-5-6-10-23(21)28)15-27-12-11-22-19(14-27)13-25-24(26-22)18-7-3-2-4-8-18/h5-6,9-10,13,16,18H,2-4,7-8,11-12,14-15H2,1H3. The molecular weight excluding hydrogens is 360 g/mol. The molecule has 29 heavy (non-hydrogen) atoms. The number of aromatic nitrogens is 3. The van der Waals surface area contributed by atoms with Crippen molar-refractivity contribution >= 4 is 16.8 Å². The highest BCUT2D eigenvalue weighted by molar-refractivity contribution is 5.93. The molecule has 0 bridgehead atoms. The Balaban J connectivity index is 1.35. The maximum Gasteiger partial charge on any atom is 0.227 e. The first kappa shape index (κ1) is 18.5. The highest BCUT2D eigenvalue weighted by atomic mass is 16.1. The summed E-state index contributed by atoms with van der Waals surface area (Å²) in [5, 5.41) is 1.16. The van der Waals surface area contributed by atoms with E-state index in [0.717, 1.165) is 42.8 Å². The van der Waals surface area contributed by atoms with Crippen molar-refractivity contribution in [3.8, 4) is 0 Å². The number of fused-ring (bicyclic) bond motifs is 2. The van der Waals surface area contributed by atoms with Gasteiger partial charge in [-0.3, -0.25) is 14.3 Å². The zero-order chi connectivity index (χ0) is 19.8. The van der Waals surface area contributed by atoms with Gasteiger partial charge in [0.25, 0.3) is 0 Å². The summed E-state index contributed by atoms with van der Waals surface area (Å²) < 4.78 is 1.77. The smallest absolute Gasteiger partial charge is 0.227 e.